The van der Waals surface area contributed by atoms with Crippen molar-refractivity contribution in [2.75, 3.05) is 13.2 Å². The van der Waals surface area contributed by atoms with Crippen LogP contribution in [0.25, 0.3) is 0 Å². The molecule has 1 aromatic rings. The fourth-order valence-corrected chi connectivity index (χ4v) is 3.18. The Labute approximate surface area is 127 Å². The van der Waals surface area contributed by atoms with Crippen molar-refractivity contribution in [2.24, 2.45) is 0 Å². The molecule has 21 heavy (non-hydrogen) atoms. The van der Waals surface area contributed by atoms with E-state index in [1.807, 2.05) is 12.1 Å². The van der Waals surface area contributed by atoms with Crippen LogP contribution < -0.4 is 5.32 Å². The molecule has 3 heteroatoms. The highest BCUT2D eigenvalue weighted by atomic mass is 19.1. The average molecular weight is 291 g/mol. The summed E-state index contributed by atoms with van der Waals surface area (Å²) in [6.45, 7) is 1.96. The van der Waals surface area contributed by atoms with Crippen molar-refractivity contribution < 1.29 is 9.13 Å². The Morgan fingerprint density at radius 3 is 2.67 bits per heavy atom. The Hall–Kier alpha value is -0.930. The van der Waals surface area contributed by atoms with Crippen molar-refractivity contribution in [1.29, 1.82) is 0 Å². The summed E-state index contributed by atoms with van der Waals surface area (Å²) >= 11 is 0. The predicted molar refractivity (Wildman–Crippen MR) is 83.0 cm³/mol. The standard InChI is InChI=1S/C18H26FNO/c19-16-8-6-14(7-9-16)15(13-20-17-10-11-17)3-1-4-18-5-2-12-21-18/h6-9,15,17-18,20H,1-5,10-13H2. The Morgan fingerprint density at radius 1 is 1.19 bits per heavy atom. The molecule has 1 N–H and O–H groups in total. The molecule has 116 valence electrons. The minimum atomic E-state index is -0.146. The van der Waals surface area contributed by atoms with E-state index in [-0.39, 0.29) is 5.82 Å². The van der Waals surface area contributed by atoms with Gasteiger partial charge in [0.25, 0.3) is 0 Å². The highest BCUT2D eigenvalue weighted by molar-refractivity contribution is 5.21. The highest BCUT2D eigenvalue weighted by Gasteiger charge is 2.23. The fraction of sp³-hybridized carbons (Fsp3) is 0.667. The average Bonchev–Trinajstić information content (AvgIpc) is 3.18. The SMILES string of the molecule is Fc1ccc(C(CCCC2CCCO2)CNC2CC2)cc1. The molecule has 2 unspecified atom stereocenters. The van der Waals surface area contributed by atoms with E-state index in [1.165, 1.54) is 44.1 Å². The molecule has 2 nitrogen and oxygen atoms in total. The second-order valence-electron chi connectivity index (χ2n) is 6.50. The second-order valence-corrected chi connectivity index (χ2v) is 6.50. The van der Waals surface area contributed by atoms with E-state index in [0.29, 0.717) is 12.0 Å². The lowest BCUT2D eigenvalue weighted by Crippen LogP contribution is -2.23. The van der Waals surface area contributed by atoms with Crippen molar-refractivity contribution in [3.05, 3.63) is 35.6 Å². The quantitative estimate of drug-likeness (QED) is 0.781. The van der Waals surface area contributed by atoms with Gasteiger partial charge in [-0.25, -0.2) is 4.39 Å². The maximum absolute atomic E-state index is 13.1. The molecule has 1 saturated heterocycles. The van der Waals surface area contributed by atoms with E-state index < -0.39 is 0 Å². The maximum atomic E-state index is 13.1. The zero-order chi connectivity index (χ0) is 14.5. The first kappa shape index (κ1) is 15.0. The number of nitrogens with one attached hydrogen (secondary N) is 1. The minimum absolute atomic E-state index is 0.146. The molecular formula is C18H26FNO. The van der Waals surface area contributed by atoms with Crippen molar-refractivity contribution in [3.8, 4) is 0 Å². The van der Waals surface area contributed by atoms with Gasteiger partial charge < -0.3 is 10.1 Å². The van der Waals surface area contributed by atoms with Crippen LogP contribution in [0, 0.1) is 5.82 Å². The maximum Gasteiger partial charge on any atom is 0.123 e. The van der Waals surface area contributed by atoms with Crippen molar-refractivity contribution in [1.82, 2.24) is 5.32 Å². The zero-order valence-corrected chi connectivity index (χ0v) is 12.7. The summed E-state index contributed by atoms with van der Waals surface area (Å²) in [5, 5.41) is 3.62. The van der Waals surface area contributed by atoms with Crippen molar-refractivity contribution >= 4 is 0 Å². The molecular weight excluding hydrogens is 265 g/mol. The van der Waals surface area contributed by atoms with Crippen LogP contribution in [0.1, 0.15) is 56.4 Å². The van der Waals surface area contributed by atoms with Crippen LogP contribution >= 0.6 is 0 Å². The Morgan fingerprint density at radius 2 is 2.00 bits per heavy atom. The molecule has 2 aliphatic rings. The van der Waals surface area contributed by atoms with Crippen LogP contribution in [0.5, 0.6) is 0 Å². The summed E-state index contributed by atoms with van der Waals surface area (Å²) in [5.74, 6) is 0.347. The van der Waals surface area contributed by atoms with Crippen LogP contribution in [0.4, 0.5) is 4.39 Å². The summed E-state index contributed by atoms with van der Waals surface area (Å²) < 4.78 is 18.8. The summed E-state index contributed by atoms with van der Waals surface area (Å²) in [6, 6.07) is 7.78. The topological polar surface area (TPSA) is 21.3 Å². The lowest BCUT2D eigenvalue weighted by molar-refractivity contribution is 0.101. The van der Waals surface area contributed by atoms with Crippen molar-refractivity contribution in [3.63, 3.8) is 0 Å². The van der Waals surface area contributed by atoms with Gasteiger partial charge in [0.1, 0.15) is 5.82 Å². The number of benzene rings is 1. The lowest BCUT2D eigenvalue weighted by atomic mass is 9.92. The van der Waals surface area contributed by atoms with E-state index in [4.69, 9.17) is 4.74 Å². The van der Waals surface area contributed by atoms with E-state index in [1.54, 1.807) is 12.1 Å². The van der Waals surface area contributed by atoms with Gasteiger partial charge in [0, 0.05) is 19.2 Å². The Bertz CT molecular complexity index is 423. The third-order valence-corrected chi connectivity index (χ3v) is 4.67. The molecule has 0 spiro atoms. The monoisotopic (exact) mass is 291 g/mol. The predicted octanol–water partition coefficient (Wildman–Crippen LogP) is 4.01. The van der Waals surface area contributed by atoms with Crippen molar-refractivity contribution in [2.45, 2.75) is 63.0 Å². The van der Waals surface area contributed by atoms with Gasteiger partial charge in [-0.05, 0) is 62.1 Å². The summed E-state index contributed by atoms with van der Waals surface area (Å²) in [6.07, 6.45) is 9.07. The van der Waals surface area contributed by atoms with Gasteiger partial charge in [0.2, 0.25) is 0 Å². The Kier molecular flexibility index (Phi) is 5.26. The highest BCUT2D eigenvalue weighted by Crippen LogP contribution is 2.26. The van der Waals surface area contributed by atoms with Gasteiger partial charge in [0.05, 0.1) is 6.10 Å². The second kappa shape index (κ2) is 7.37. The molecule has 1 heterocycles. The first-order valence-electron chi connectivity index (χ1n) is 8.42. The van der Waals surface area contributed by atoms with Gasteiger partial charge in [-0.2, -0.15) is 0 Å². The molecule has 3 rings (SSSR count). The zero-order valence-electron chi connectivity index (χ0n) is 12.7. The first-order valence-corrected chi connectivity index (χ1v) is 8.42. The van der Waals surface area contributed by atoms with Crippen LogP contribution in [-0.2, 0) is 4.74 Å². The molecule has 2 fully saturated rings. The van der Waals surface area contributed by atoms with Gasteiger partial charge in [-0.1, -0.05) is 18.6 Å². The van der Waals surface area contributed by atoms with E-state index in [0.717, 1.165) is 25.6 Å². The molecule has 0 bridgehead atoms. The Balaban J connectivity index is 1.51. The number of hydrogen-bond acceptors (Lipinski definition) is 2. The molecule has 1 saturated carbocycles. The van der Waals surface area contributed by atoms with Gasteiger partial charge in [0.15, 0.2) is 0 Å². The molecule has 0 aromatic heterocycles. The van der Waals surface area contributed by atoms with Gasteiger partial charge >= 0.3 is 0 Å². The smallest absolute Gasteiger partial charge is 0.123 e. The minimum Gasteiger partial charge on any atom is -0.378 e. The number of rotatable bonds is 8. The number of halogens is 1. The number of hydrogen-bond donors (Lipinski definition) is 1. The van der Waals surface area contributed by atoms with E-state index >= 15 is 0 Å². The van der Waals surface area contributed by atoms with E-state index in [9.17, 15) is 4.39 Å². The summed E-state index contributed by atoms with van der Waals surface area (Å²) in [4.78, 5) is 0. The molecule has 2 atom stereocenters. The summed E-state index contributed by atoms with van der Waals surface area (Å²) in [7, 11) is 0. The van der Waals surface area contributed by atoms with Crippen LogP contribution in [0.15, 0.2) is 24.3 Å². The molecule has 1 aliphatic carbocycles. The molecule has 0 amide bonds. The van der Waals surface area contributed by atoms with E-state index in [2.05, 4.69) is 5.32 Å². The summed E-state index contributed by atoms with van der Waals surface area (Å²) in [5.41, 5.74) is 1.26. The lowest BCUT2D eigenvalue weighted by Gasteiger charge is -2.19. The van der Waals surface area contributed by atoms with Gasteiger partial charge in [-0.15, -0.1) is 0 Å². The van der Waals surface area contributed by atoms with Crippen LogP contribution in [0.2, 0.25) is 0 Å². The van der Waals surface area contributed by atoms with Crippen LogP contribution in [-0.4, -0.2) is 25.3 Å². The number of ether oxygens (including phenoxy) is 1. The first-order chi connectivity index (χ1) is 10.3. The van der Waals surface area contributed by atoms with Gasteiger partial charge in [-0.3, -0.25) is 0 Å². The largest absolute Gasteiger partial charge is 0.378 e. The third kappa shape index (κ3) is 4.79. The van der Waals surface area contributed by atoms with Crippen LogP contribution in [0.3, 0.4) is 0 Å². The fourth-order valence-electron chi connectivity index (χ4n) is 3.18. The third-order valence-electron chi connectivity index (χ3n) is 4.67. The molecule has 1 aromatic carbocycles. The molecule has 0 radical (unpaired) electrons. The normalized spacial score (nSPS) is 23.4. The molecule has 1 aliphatic heterocycles.